The molecule has 0 unspecified atom stereocenters. The molecule has 0 aromatic rings. The minimum atomic E-state index is -1.54. The Kier molecular flexibility index (Phi) is 36.6. The summed E-state index contributed by atoms with van der Waals surface area (Å²) < 4.78 is 0. The largest absolute Gasteiger partial charge is 3.00 e. The Morgan fingerprint density at radius 1 is 0.228 bits per heavy atom. The second-order valence-corrected chi connectivity index (χ2v) is 11.1. The van der Waals surface area contributed by atoms with Crippen LogP contribution in [0.25, 0.3) is 0 Å². The molecule has 0 aliphatic carbocycles. The van der Waals surface area contributed by atoms with Crippen LogP contribution in [0.3, 0.4) is 0 Å². The van der Waals surface area contributed by atoms with Crippen LogP contribution in [-0.2, 0) is 65.0 Å². The topological polar surface area (TPSA) is 494 Å². The molecule has 1 radical (unpaired) electrons. The van der Waals surface area contributed by atoms with Crippen molar-refractivity contribution >= 4 is 59.7 Å². The molecule has 0 saturated carbocycles. The van der Waals surface area contributed by atoms with E-state index in [1.54, 1.807) is 0 Å². The summed E-state index contributed by atoms with van der Waals surface area (Å²) in [7, 11) is 0. The fourth-order valence-electron chi connectivity index (χ4n) is 4.35. The standard InChI is InChI=1S/2C14H23N3O10.Fe.2H3N/c2*18-10(19)5-15(1-3-16(6-11(20)21)7-12(22)23)2-4-17(8-13(24)25)9-14(26)27;;;/h2*1-9H2,(H,18,19)(H,20,21)(H,22,23)(H,24,25)(H,26,27);;2*1H3/q;;+3;;/p-8. The van der Waals surface area contributed by atoms with Crippen LogP contribution in [0, 0.1) is 0 Å². The molecule has 0 aliphatic heterocycles. The van der Waals surface area contributed by atoms with Gasteiger partial charge in [0.15, 0.2) is 0 Å². The van der Waals surface area contributed by atoms with Crippen LogP contribution in [0.4, 0.5) is 0 Å². The summed E-state index contributed by atoms with van der Waals surface area (Å²) >= 11 is 0. The van der Waals surface area contributed by atoms with Crippen molar-refractivity contribution in [3.63, 3.8) is 0 Å². The van der Waals surface area contributed by atoms with Gasteiger partial charge in [-0.3, -0.25) is 29.4 Å². The van der Waals surface area contributed by atoms with Gasteiger partial charge in [0.25, 0.3) is 0 Å². The molecule has 29 heteroatoms. The SMILES string of the molecule is O=C([O-])CN(CCN(CC(=O)[O-])CC(=O)[O-])CCN(CC(=O)[O-])CC(=O)[O-].O=C([O-])CN(CCN(CC(=O)[O-])CC(=O)[O-])CCN(CC(=O)[O-])CC(=O)[O-].[Fe+3].[NH4+].[NH4+]. The summed E-state index contributed by atoms with van der Waals surface area (Å²) in [5.74, 6) is -15.3. The Morgan fingerprint density at radius 3 is 0.421 bits per heavy atom. The van der Waals surface area contributed by atoms with Gasteiger partial charge in [0.05, 0.1) is 59.7 Å². The van der Waals surface area contributed by atoms with Gasteiger partial charge >= 0.3 is 17.1 Å². The molecule has 329 valence electrons. The average molecular weight is 869 g/mol. The maximum Gasteiger partial charge on any atom is 3.00 e. The summed E-state index contributed by atoms with van der Waals surface area (Å²) in [5, 5.41) is 107. The van der Waals surface area contributed by atoms with Crippen molar-refractivity contribution in [1.82, 2.24) is 41.7 Å². The van der Waals surface area contributed by atoms with E-state index in [9.17, 15) is 99.0 Å². The predicted octanol–water partition coefficient (Wildman–Crippen LogP) is -18.0. The second-order valence-electron chi connectivity index (χ2n) is 11.1. The molecule has 0 aromatic heterocycles. The van der Waals surface area contributed by atoms with E-state index in [0.717, 1.165) is 19.6 Å². The Balaban J connectivity index is -0.000000300. The molecule has 0 atom stereocenters. The van der Waals surface area contributed by atoms with Crippen molar-refractivity contribution in [3.05, 3.63) is 0 Å². The number of carbonyl (C=O) groups is 10. The molecular formula is C28H44FeN8O20-5. The molecule has 8 N–H and O–H groups in total. The predicted molar refractivity (Wildman–Crippen MR) is 161 cm³/mol. The second kappa shape index (κ2) is 34.2. The van der Waals surface area contributed by atoms with E-state index in [4.69, 9.17) is 0 Å². The van der Waals surface area contributed by atoms with Gasteiger partial charge in [-0.1, -0.05) is 0 Å². The Morgan fingerprint density at radius 2 is 0.316 bits per heavy atom. The first-order chi connectivity index (χ1) is 25.0. The van der Waals surface area contributed by atoms with Gasteiger partial charge in [-0.05, 0) is 0 Å². The zero-order chi connectivity index (χ0) is 42.0. The van der Waals surface area contributed by atoms with Crippen molar-refractivity contribution in [3.8, 4) is 0 Å². The number of quaternary nitrogens is 2. The number of carboxylic acid groups (broad SMARTS) is 10. The molecule has 28 nitrogen and oxygen atoms in total. The van der Waals surface area contributed by atoms with Crippen LogP contribution in [0.2, 0.25) is 0 Å². The summed E-state index contributed by atoms with van der Waals surface area (Å²) in [5.41, 5.74) is 0. The average Bonchev–Trinajstić information content (AvgIpc) is 2.97. The molecule has 0 fully saturated rings. The monoisotopic (exact) mass is 868 g/mol. The van der Waals surface area contributed by atoms with Crippen molar-refractivity contribution in [1.29, 1.82) is 0 Å². The third-order valence-electron chi connectivity index (χ3n) is 6.46. The van der Waals surface area contributed by atoms with Crippen molar-refractivity contribution in [2.45, 2.75) is 0 Å². The van der Waals surface area contributed by atoms with E-state index in [0.29, 0.717) is 0 Å². The summed E-state index contributed by atoms with van der Waals surface area (Å²) in [6, 6.07) is 0. The molecule has 0 spiro atoms. The van der Waals surface area contributed by atoms with Crippen molar-refractivity contribution in [2.24, 2.45) is 0 Å². The maximum atomic E-state index is 10.8. The van der Waals surface area contributed by atoms with E-state index in [-0.39, 0.29) is 81.7 Å². The van der Waals surface area contributed by atoms with Gasteiger partial charge in [0.1, 0.15) is 0 Å². The minimum Gasteiger partial charge on any atom is -0.549 e. The zero-order valence-corrected chi connectivity index (χ0v) is 32.0. The fourth-order valence-corrected chi connectivity index (χ4v) is 4.35. The van der Waals surface area contributed by atoms with Gasteiger partial charge in [0, 0.05) is 118 Å². The van der Waals surface area contributed by atoms with Crippen molar-refractivity contribution < 1.29 is 116 Å². The van der Waals surface area contributed by atoms with E-state index in [1.807, 2.05) is 0 Å². The first-order valence-electron chi connectivity index (χ1n) is 15.3. The van der Waals surface area contributed by atoms with Crippen LogP contribution in [-0.4, -0.2) is 207 Å². The molecule has 0 bridgehead atoms. The molecule has 0 saturated heterocycles. The van der Waals surface area contributed by atoms with Gasteiger partial charge in [-0.25, -0.2) is 0 Å². The van der Waals surface area contributed by atoms with Crippen LogP contribution >= 0.6 is 0 Å². The zero-order valence-electron chi connectivity index (χ0n) is 30.9. The van der Waals surface area contributed by atoms with Crippen molar-refractivity contribution in [2.75, 3.05) is 118 Å². The third-order valence-corrected chi connectivity index (χ3v) is 6.46. The molecule has 0 aromatic carbocycles. The number of carbonyl (C=O) groups excluding carboxylic acids is 10. The first kappa shape index (κ1) is 61.1. The van der Waals surface area contributed by atoms with Crippen LogP contribution < -0.4 is 63.4 Å². The number of nitrogens with zero attached hydrogens (tertiary/aromatic N) is 6. The molecular weight excluding hydrogens is 824 g/mol. The van der Waals surface area contributed by atoms with Gasteiger partial charge in [0.2, 0.25) is 0 Å². The van der Waals surface area contributed by atoms with E-state index in [1.165, 1.54) is 9.80 Å². The normalized spacial score (nSPS) is 10.5. The molecule has 0 rings (SSSR count). The molecule has 0 heterocycles. The number of carboxylic acids is 10. The fraction of sp³-hybridized carbons (Fsp3) is 0.643. The number of aliphatic carboxylic acids is 10. The van der Waals surface area contributed by atoms with Gasteiger partial charge in [-0.2, -0.15) is 0 Å². The Hall–Kier alpha value is -5.10. The Bertz CT molecular complexity index is 1070. The number of hydrogen-bond acceptors (Lipinski definition) is 26. The first-order valence-corrected chi connectivity index (χ1v) is 15.3. The van der Waals surface area contributed by atoms with Crippen LogP contribution in [0.5, 0.6) is 0 Å². The minimum absolute atomic E-state index is 0. The van der Waals surface area contributed by atoms with E-state index >= 15 is 0 Å². The third kappa shape index (κ3) is 40.4. The number of rotatable bonds is 32. The quantitative estimate of drug-likeness (QED) is 0.0593. The molecule has 0 amide bonds. The molecule has 57 heavy (non-hydrogen) atoms. The molecule has 0 aliphatic rings. The van der Waals surface area contributed by atoms with Crippen LogP contribution in [0.1, 0.15) is 0 Å². The summed E-state index contributed by atoms with van der Waals surface area (Å²) in [4.78, 5) is 113. The van der Waals surface area contributed by atoms with Crippen LogP contribution in [0.15, 0.2) is 0 Å². The summed E-state index contributed by atoms with van der Waals surface area (Å²) in [6.07, 6.45) is 0. The van der Waals surface area contributed by atoms with Gasteiger partial charge < -0.3 is 111 Å². The number of hydrogen-bond donors (Lipinski definition) is 2. The Labute approximate surface area is 335 Å². The van der Waals surface area contributed by atoms with E-state index in [2.05, 4.69) is 0 Å². The smallest absolute Gasteiger partial charge is 0.549 e. The van der Waals surface area contributed by atoms with Gasteiger partial charge in [-0.15, -0.1) is 0 Å². The van der Waals surface area contributed by atoms with E-state index < -0.39 is 125 Å². The maximum absolute atomic E-state index is 10.8. The summed E-state index contributed by atoms with van der Waals surface area (Å²) in [6.45, 7) is -8.32.